The molecule has 148 valence electrons. The van der Waals surface area contributed by atoms with Crippen LogP contribution >= 0.6 is 0 Å². The first kappa shape index (κ1) is 19.6. The maximum Gasteiger partial charge on any atom is 0.319 e. The highest BCUT2D eigenvalue weighted by Crippen LogP contribution is 2.12. The van der Waals surface area contributed by atoms with Gasteiger partial charge in [0.2, 0.25) is 0 Å². The first-order valence-corrected chi connectivity index (χ1v) is 9.39. The molecule has 0 bridgehead atoms. The summed E-state index contributed by atoms with van der Waals surface area (Å²) in [6.07, 6.45) is 5.56. The van der Waals surface area contributed by atoms with Crippen LogP contribution in [0.5, 0.6) is 0 Å². The molecule has 28 heavy (non-hydrogen) atoms. The standard InChI is InChI=1S/C20H25N5O3/c26-19(24-14-18-4-2-12-28-18)15-5-7-16(8-6-15)25-20(27)23-11-10-22-17-3-1-9-21-13-17/h1,3,5-9,13,18,22H,2,4,10-12,14H2,(H,24,26)(H2,23,25,27)/t18-/m0/s1. The quantitative estimate of drug-likeness (QED) is 0.523. The zero-order valence-electron chi connectivity index (χ0n) is 15.6. The zero-order chi connectivity index (χ0) is 19.6. The lowest BCUT2D eigenvalue weighted by Gasteiger charge is -2.11. The van der Waals surface area contributed by atoms with Gasteiger partial charge in [-0.2, -0.15) is 0 Å². The summed E-state index contributed by atoms with van der Waals surface area (Å²) < 4.78 is 5.49. The maximum atomic E-state index is 12.1. The van der Waals surface area contributed by atoms with Crippen LogP contribution in [0.2, 0.25) is 0 Å². The third-order valence-electron chi connectivity index (χ3n) is 4.32. The van der Waals surface area contributed by atoms with Crippen molar-refractivity contribution in [3.05, 3.63) is 54.4 Å². The summed E-state index contributed by atoms with van der Waals surface area (Å²) in [5, 5.41) is 11.5. The van der Waals surface area contributed by atoms with Crippen LogP contribution in [-0.2, 0) is 4.74 Å². The topological polar surface area (TPSA) is 104 Å². The largest absolute Gasteiger partial charge is 0.382 e. The Morgan fingerprint density at radius 3 is 2.64 bits per heavy atom. The van der Waals surface area contributed by atoms with E-state index in [-0.39, 0.29) is 18.0 Å². The van der Waals surface area contributed by atoms with Gasteiger partial charge in [-0.1, -0.05) is 0 Å². The van der Waals surface area contributed by atoms with E-state index in [1.54, 1.807) is 36.7 Å². The lowest BCUT2D eigenvalue weighted by atomic mass is 10.2. The van der Waals surface area contributed by atoms with Crippen LogP contribution in [0, 0.1) is 0 Å². The summed E-state index contributed by atoms with van der Waals surface area (Å²) in [6, 6.07) is 10.2. The smallest absolute Gasteiger partial charge is 0.319 e. The summed E-state index contributed by atoms with van der Waals surface area (Å²) in [7, 11) is 0. The molecule has 0 saturated carbocycles. The first-order valence-electron chi connectivity index (χ1n) is 9.39. The normalized spacial score (nSPS) is 15.6. The number of carbonyl (C=O) groups excluding carboxylic acids is 2. The molecule has 2 aromatic rings. The molecule has 1 saturated heterocycles. The number of benzene rings is 1. The molecular formula is C20H25N5O3. The van der Waals surface area contributed by atoms with Crippen LogP contribution in [0.3, 0.4) is 0 Å². The number of amides is 3. The van der Waals surface area contributed by atoms with Gasteiger partial charge in [0.15, 0.2) is 0 Å². The molecule has 1 aliphatic rings. The molecule has 3 rings (SSSR count). The highest BCUT2D eigenvalue weighted by molar-refractivity contribution is 5.95. The van der Waals surface area contributed by atoms with Gasteiger partial charge >= 0.3 is 6.03 Å². The molecule has 1 aromatic heterocycles. The van der Waals surface area contributed by atoms with E-state index < -0.39 is 0 Å². The molecule has 1 aliphatic heterocycles. The van der Waals surface area contributed by atoms with E-state index in [0.29, 0.717) is 30.9 Å². The minimum Gasteiger partial charge on any atom is -0.382 e. The Labute approximate surface area is 164 Å². The Morgan fingerprint density at radius 2 is 1.93 bits per heavy atom. The second kappa shape index (κ2) is 10.3. The lowest BCUT2D eigenvalue weighted by molar-refractivity contribution is 0.0858. The van der Waals surface area contributed by atoms with Gasteiger partial charge in [-0.25, -0.2) is 4.79 Å². The molecule has 1 atom stereocenters. The summed E-state index contributed by atoms with van der Waals surface area (Å²) in [5.74, 6) is -0.145. The second-order valence-corrected chi connectivity index (χ2v) is 6.47. The van der Waals surface area contributed by atoms with Gasteiger partial charge in [0.25, 0.3) is 5.91 Å². The number of nitrogens with zero attached hydrogens (tertiary/aromatic N) is 1. The molecule has 2 heterocycles. The van der Waals surface area contributed by atoms with Crippen molar-refractivity contribution in [3.8, 4) is 0 Å². The molecule has 0 aliphatic carbocycles. The van der Waals surface area contributed by atoms with Gasteiger partial charge in [0.1, 0.15) is 0 Å². The first-order chi connectivity index (χ1) is 13.7. The van der Waals surface area contributed by atoms with Gasteiger partial charge in [0.05, 0.1) is 11.8 Å². The van der Waals surface area contributed by atoms with Gasteiger partial charge < -0.3 is 26.0 Å². The zero-order valence-corrected chi connectivity index (χ0v) is 15.6. The van der Waals surface area contributed by atoms with E-state index in [9.17, 15) is 9.59 Å². The van der Waals surface area contributed by atoms with Crippen molar-refractivity contribution in [2.24, 2.45) is 0 Å². The van der Waals surface area contributed by atoms with Crippen LogP contribution in [0.1, 0.15) is 23.2 Å². The van der Waals surface area contributed by atoms with E-state index >= 15 is 0 Å². The van der Waals surface area contributed by atoms with E-state index in [1.807, 2.05) is 12.1 Å². The van der Waals surface area contributed by atoms with Gasteiger partial charge in [0, 0.05) is 49.9 Å². The highest BCUT2D eigenvalue weighted by atomic mass is 16.5. The molecule has 8 heteroatoms. The van der Waals surface area contributed by atoms with Crippen molar-refractivity contribution in [2.75, 3.05) is 36.9 Å². The fourth-order valence-electron chi connectivity index (χ4n) is 2.84. The lowest BCUT2D eigenvalue weighted by Crippen LogP contribution is -2.33. The fourth-order valence-corrected chi connectivity index (χ4v) is 2.84. The molecular weight excluding hydrogens is 358 g/mol. The van der Waals surface area contributed by atoms with Crippen molar-refractivity contribution >= 4 is 23.3 Å². The van der Waals surface area contributed by atoms with Crippen LogP contribution in [0.25, 0.3) is 0 Å². The van der Waals surface area contributed by atoms with Crippen LogP contribution in [0.4, 0.5) is 16.2 Å². The fraction of sp³-hybridized carbons (Fsp3) is 0.350. The monoisotopic (exact) mass is 383 g/mol. The number of urea groups is 1. The van der Waals surface area contributed by atoms with Crippen molar-refractivity contribution < 1.29 is 14.3 Å². The number of pyridine rings is 1. The third-order valence-corrected chi connectivity index (χ3v) is 4.32. The molecule has 8 nitrogen and oxygen atoms in total. The van der Waals surface area contributed by atoms with E-state index in [1.165, 1.54) is 0 Å². The van der Waals surface area contributed by atoms with E-state index in [2.05, 4.69) is 26.3 Å². The Bertz CT molecular complexity index is 761. The molecule has 0 unspecified atom stereocenters. The summed E-state index contributed by atoms with van der Waals surface area (Å²) in [6.45, 7) is 2.34. The van der Waals surface area contributed by atoms with Gasteiger partial charge in [-0.05, 0) is 49.2 Å². The van der Waals surface area contributed by atoms with E-state index in [0.717, 1.165) is 25.1 Å². The molecule has 1 fully saturated rings. The molecule has 0 spiro atoms. The number of ether oxygens (including phenoxy) is 1. The highest BCUT2D eigenvalue weighted by Gasteiger charge is 2.16. The number of hydrogen-bond acceptors (Lipinski definition) is 5. The number of anilines is 2. The van der Waals surface area contributed by atoms with Crippen LogP contribution < -0.4 is 21.3 Å². The predicted octanol–water partition coefficient (Wildman–Crippen LogP) is 2.22. The number of carbonyl (C=O) groups is 2. The number of hydrogen-bond donors (Lipinski definition) is 4. The van der Waals surface area contributed by atoms with E-state index in [4.69, 9.17) is 4.74 Å². The van der Waals surface area contributed by atoms with Crippen molar-refractivity contribution in [2.45, 2.75) is 18.9 Å². The summed E-state index contributed by atoms with van der Waals surface area (Å²) in [4.78, 5) is 28.1. The molecule has 3 amide bonds. The Hall–Kier alpha value is -3.13. The van der Waals surface area contributed by atoms with Crippen molar-refractivity contribution in [1.82, 2.24) is 15.6 Å². The summed E-state index contributed by atoms with van der Waals surface area (Å²) >= 11 is 0. The number of rotatable bonds is 8. The van der Waals surface area contributed by atoms with Crippen molar-refractivity contribution in [3.63, 3.8) is 0 Å². The third kappa shape index (κ3) is 6.24. The SMILES string of the molecule is O=C(NCCNc1cccnc1)Nc1ccc(C(=O)NC[C@@H]2CCCO2)cc1. The minimum absolute atomic E-state index is 0.112. The predicted molar refractivity (Wildman–Crippen MR) is 107 cm³/mol. The summed E-state index contributed by atoms with van der Waals surface area (Å²) in [5.41, 5.74) is 2.07. The maximum absolute atomic E-state index is 12.1. The minimum atomic E-state index is -0.302. The van der Waals surface area contributed by atoms with Crippen LogP contribution in [-0.4, -0.2) is 49.3 Å². The number of nitrogens with one attached hydrogen (secondary N) is 4. The van der Waals surface area contributed by atoms with Crippen LogP contribution in [0.15, 0.2) is 48.8 Å². The second-order valence-electron chi connectivity index (χ2n) is 6.47. The average molecular weight is 383 g/mol. The average Bonchev–Trinajstić information content (AvgIpc) is 3.24. The molecule has 1 aromatic carbocycles. The molecule has 4 N–H and O–H groups in total. The number of aromatic nitrogens is 1. The van der Waals surface area contributed by atoms with Gasteiger partial charge in [-0.3, -0.25) is 9.78 Å². The molecule has 0 radical (unpaired) electrons. The Morgan fingerprint density at radius 1 is 1.07 bits per heavy atom. The van der Waals surface area contributed by atoms with Gasteiger partial charge in [-0.15, -0.1) is 0 Å². The Balaban J connectivity index is 1.35. The Kier molecular flexibility index (Phi) is 7.20. The van der Waals surface area contributed by atoms with Crippen molar-refractivity contribution in [1.29, 1.82) is 0 Å².